The highest BCUT2D eigenvalue weighted by Crippen LogP contribution is 2.50. The molecule has 12 heteroatoms. The van der Waals surface area contributed by atoms with Crippen molar-refractivity contribution in [1.29, 1.82) is 0 Å². The molecule has 1 aliphatic heterocycles. The fourth-order valence-corrected chi connectivity index (χ4v) is 4.28. The third-order valence-corrected chi connectivity index (χ3v) is 6.00. The molecule has 3 rings (SSSR count). The molecule has 1 unspecified atom stereocenters. The van der Waals surface area contributed by atoms with Gasteiger partial charge in [0.25, 0.3) is 5.60 Å². The average Bonchev–Trinajstić information content (AvgIpc) is 3.23. The van der Waals surface area contributed by atoms with Gasteiger partial charge in [-0.1, -0.05) is 52.6 Å². The lowest BCUT2D eigenvalue weighted by Crippen LogP contribution is -2.42. The molecule has 0 saturated carbocycles. The zero-order chi connectivity index (χ0) is 27.8. The molecule has 0 fully saturated rings. The first-order valence-electron chi connectivity index (χ1n) is 10.8. The van der Waals surface area contributed by atoms with Crippen LogP contribution < -0.4 is 4.90 Å². The molecular formula is C25H22Cl3F3N2O4. The standard InChI is InChI=1S/C25H22Cl3F3N2O4/c1-5-18(34)13-33(22(35)36-23(2,3)4)21-8-14(6-7-19(21)28)20-12-24(37-32-20,25(29,30)31)15-9-16(26)11-17(27)10-15/h5-11H,1,12-13H2,2-4H3. The maximum Gasteiger partial charge on any atom is 0.435 e. The monoisotopic (exact) mass is 576 g/mol. The number of ether oxygens (including phenoxy) is 1. The molecule has 1 aliphatic rings. The molecule has 0 N–H and O–H groups in total. The molecule has 0 aromatic heterocycles. The first kappa shape index (κ1) is 28.8. The van der Waals surface area contributed by atoms with Crippen molar-refractivity contribution in [3.05, 3.63) is 75.2 Å². The number of halogens is 6. The molecule has 1 amide bonds. The quantitative estimate of drug-likeness (QED) is 0.330. The molecule has 0 bridgehead atoms. The van der Waals surface area contributed by atoms with Crippen molar-refractivity contribution in [3.8, 4) is 0 Å². The number of hydrogen-bond donors (Lipinski definition) is 0. The number of benzene rings is 2. The number of alkyl halides is 3. The van der Waals surface area contributed by atoms with Crippen molar-refractivity contribution in [3.63, 3.8) is 0 Å². The number of anilines is 1. The minimum atomic E-state index is -4.89. The summed E-state index contributed by atoms with van der Waals surface area (Å²) < 4.78 is 48.4. The molecule has 0 spiro atoms. The van der Waals surface area contributed by atoms with Crippen molar-refractivity contribution >= 4 is 58.1 Å². The van der Waals surface area contributed by atoms with Gasteiger partial charge in [-0.3, -0.25) is 9.69 Å². The highest BCUT2D eigenvalue weighted by molar-refractivity contribution is 6.35. The zero-order valence-corrected chi connectivity index (χ0v) is 22.2. The first-order chi connectivity index (χ1) is 17.1. The second-order valence-corrected chi connectivity index (χ2v) is 10.5. The number of hydrogen-bond acceptors (Lipinski definition) is 5. The van der Waals surface area contributed by atoms with E-state index in [2.05, 4.69) is 11.7 Å². The van der Waals surface area contributed by atoms with Crippen LogP contribution in [0.2, 0.25) is 15.1 Å². The fourth-order valence-electron chi connectivity index (χ4n) is 3.53. The Bertz CT molecular complexity index is 1250. The maximum atomic E-state index is 14.3. The Morgan fingerprint density at radius 3 is 2.30 bits per heavy atom. The van der Waals surface area contributed by atoms with Crippen LogP contribution in [-0.2, 0) is 20.0 Å². The summed E-state index contributed by atoms with van der Waals surface area (Å²) in [6.07, 6.45) is -5.46. The van der Waals surface area contributed by atoms with E-state index in [9.17, 15) is 22.8 Å². The lowest BCUT2D eigenvalue weighted by Gasteiger charge is -2.30. The van der Waals surface area contributed by atoms with E-state index in [0.29, 0.717) is 0 Å². The second kappa shape index (κ2) is 10.6. The van der Waals surface area contributed by atoms with Crippen molar-refractivity contribution in [1.82, 2.24) is 0 Å². The summed E-state index contributed by atoms with van der Waals surface area (Å²) >= 11 is 18.2. The highest BCUT2D eigenvalue weighted by Gasteiger charge is 2.62. The van der Waals surface area contributed by atoms with Crippen LogP contribution in [0.3, 0.4) is 0 Å². The van der Waals surface area contributed by atoms with Crippen LogP contribution in [-0.4, -0.2) is 35.9 Å². The van der Waals surface area contributed by atoms with Gasteiger partial charge in [0.1, 0.15) is 5.60 Å². The van der Waals surface area contributed by atoms with Crippen LogP contribution in [0.15, 0.2) is 54.2 Å². The Kier molecular flexibility index (Phi) is 8.22. The Balaban J connectivity index is 2.04. The molecule has 1 atom stereocenters. The number of carbonyl (C=O) groups is 2. The first-order valence-corrected chi connectivity index (χ1v) is 11.9. The molecule has 0 aliphatic carbocycles. The van der Waals surface area contributed by atoms with Crippen LogP contribution in [0, 0.1) is 0 Å². The van der Waals surface area contributed by atoms with E-state index in [0.717, 1.165) is 23.1 Å². The third-order valence-electron chi connectivity index (χ3n) is 5.24. The molecule has 2 aromatic carbocycles. The number of amides is 1. The lowest BCUT2D eigenvalue weighted by molar-refractivity contribution is -0.275. The largest absolute Gasteiger partial charge is 0.443 e. The van der Waals surface area contributed by atoms with Gasteiger partial charge in [-0.25, -0.2) is 4.79 Å². The molecular weight excluding hydrogens is 556 g/mol. The fraction of sp³-hybridized carbons (Fsp3) is 0.320. The summed E-state index contributed by atoms with van der Waals surface area (Å²) in [4.78, 5) is 31.0. The summed E-state index contributed by atoms with van der Waals surface area (Å²) in [5.41, 5.74) is -3.94. The summed E-state index contributed by atoms with van der Waals surface area (Å²) in [6.45, 7) is 7.86. The van der Waals surface area contributed by atoms with Gasteiger partial charge in [0.15, 0.2) is 5.78 Å². The molecule has 0 radical (unpaired) electrons. The Morgan fingerprint density at radius 2 is 1.76 bits per heavy atom. The summed E-state index contributed by atoms with van der Waals surface area (Å²) in [7, 11) is 0. The van der Waals surface area contributed by atoms with E-state index in [4.69, 9.17) is 44.4 Å². The van der Waals surface area contributed by atoms with Gasteiger partial charge in [0.05, 0.1) is 23.0 Å². The van der Waals surface area contributed by atoms with Crippen LogP contribution >= 0.6 is 34.8 Å². The third kappa shape index (κ3) is 6.40. The van der Waals surface area contributed by atoms with Gasteiger partial charge in [0, 0.05) is 27.6 Å². The summed E-state index contributed by atoms with van der Waals surface area (Å²) in [5, 5.41) is 3.77. The number of oxime groups is 1. The molecule has 6 nitrogen and oxygen atoms in total. The average molecular weight is 578 g/mol. The number of carbonyl (C=O) groups excluding carboxylic acids is 2. The number of rotatable bonds is 6. The van der Waals surface area contributed by atoms with E-state index in [1.807, 2.05) is 0 Å². The van der Waals surface area contributed by atoms with Crippen LogP contribution in [0.25, 0.3) is 0 Å². The van der Waals surface area contributed by atoms with Crippen molar-refractivity contribution in [2.24, 2.45) is 5.16 Å². The van der Waals surface area contributed by atoms with E-state index in [1.54, 1.807) is 20.8 Å². The minimum absolute atomic E-state index is 0.00292. The second-order valence-electron chi connectivity index (χ2n) is 9.19. The van der Waals surface area contributed by atoms with Crippen molar-refractivity contribution in [2.75, 3.05) is 11.4 Å². The molecule has 37 heavy (non-hydrogen) atoms. The minimum Gasteiger partial charge on any atom is -0.443 e. The van der Waals surface area contributed by atoms with Gasteiger partial charge in [0.2, 0.25) is 0 Å². The summed E-state index contributed by atoms with van der Waals surface area (Å²) in [5.74, 6) is -0.511. The zero-order valence-electron chi connectivity index (χ0n) is 20.0. The van der Waals surface area contributed by atoms with Gasteiger partial charge in [-0.2, -0.15) is 13.2 Å². The van der Waals surface area contributed by atoms with Crippen LogP contribution in [0.5, 0.6) is 0 Å². The van der Waals surface area contributed by atoms with Crippen molar-refractivity contribution < 1.29 is 32.3 Å². The molecule has 198 valence electrons. The van der Waals surface area contributed by atoms with Crippen LogP contribution in [0.4, 0.5) is 23.7 Å². The predicted molar refractivity (Wildman–Crippen MR) is 137 cm³/mol. The van der Waals surface area contributed by atoms with Crippen LogP contribution in [0.1, 0.15) is 38.3 Å². The van der Waals surface area contributed by atoms with E-state index in [-0.39, 0.29) is 37.6 Å². The van der Waals surface area contributed by atoms with Gasteiger partial charge in [-0.15, -0.1) is 0 Å². The topological polar surface area (TPSA) is 68.2 Å². The number of ketones is 1. The Morgan fingerprint density at radius 1 is 1.14 bits per heavy atom. The Labute approximate surface area is 226 Å². The maximum absolute atomic E-state index is 14.3. The number of nitrogens with zero attached hydrogens (tertiary/aromatic N) is 2. The molecule has 2 aromatic rings. The van der Waals surface area contributed by atoms with Gasteiger partial charge in [-0.05, 0) is 57.2 Å². The summed E-state index contributed by atoms with van der Waals surface area (Å²) in [6, 6.07) is 7.65. The molecule has 1 heterocycles. The smallest absolute Gasteiger partial charge is 0.435 e. The highest BCUT2D eigenvalue weighted by atomic mass is 35.5. The predicted octanol–water partition coefficient (Wildman–Crippen LogP) is 7.73. The van der Waals surface area contributed by atoms with Gasteiger partial charge < -0.3 is 9.57 Å². The van der Waals surface area contributed by atoms with Gasteiger partial charge >= 0.3 is 12.3 Å². The Hall–Kier alpha value is -2.75. The molecule has 0 saturated heterocycles. The SMILES string of the molecule is C=CC(=O)CN(C(=O)OC(C)(C)C)c1cc(C2=NOC(c3cc(Cl)cc(Cl)c3)(C(F)(F)F)C2)ccc1Cl. The van der Waals surface area contributed by atoms with Crippen molar-refractivity contribution in [2.45, 2.75) is 44.6 Å². The lowest BCUT2D eigenvalue weighted by atomic mass is 9.86. The van der Waals surface area contributed by atoms with E-state index >= 15 is 0 Å². The normalized spacial score (nSPS) is 17.6. The van der Waals surface area contributed by atoms with E-state index in [1.165, 1.54) is 24.3 Å². The van der Waals surface area contributed by atoms with E-state index < -0.39 is 42.2 Å².